The molecule has 1 heterocycles. The zero-order chi connectivity index (χ0) is 10.6. The third-order valence-electron chi connectivity index (χ3n) is 2.34. The van der Waals surface area contributed by atoms with Crippen LogP contribution >= 0.6 is 0 Å². The third-order valence-corrected chi connectivity index (χ3v) is 2.34. The Morgan fingerprint density at radius 3 is 2.57 bits per heavy atom. The zero-order valence-electron chi connectivity index (χ0n) is 9.33. The second kappa shape index (κ2) is 5.11. The van der Waals surface area contributed by atoms with Gasteiger partial charge in [0.1, 0.15) is 0 Å². The molecular formula is C12H20N2. The number of hydrogen-bond acceptors (Lipinski definition) is 2. The third kappa shape index (κ3) is 3.46. The topological polar surface area (TPSA) is 38.9 Å². The van der Waals surface area contributed by atoms with E-state index in [2.05, 4.69) is 18.8 Å². The molecule has 0 unspecified atom stereocenters. The number of aromatic nitrogens is 1. The predicted octanol–water partition coefficient (Wildman–Crippen LogP) is 2.83. The fourth-order valence-corrected chi connectivity index (χ4v) is 1.43. The normalized spacial score (nSPS) is 13.2. The lowest BCUT2D eigenvalue weighted by molar-refractivity contribution is 0.501. The molecule has 0 saturated heterocycles. The van der Waals surface area contributed by atoms with Crippen LogP contribution in [0, 0.1) is 12.8 Å². The summed E-state index contributed by atoms with van der Waals surface area (Å²) in [4.78, 5) is 4.43. The van der Waals surface area contributed by atoms with Crippen molar-refractivity contribution in [2.24, 2.45) is 11.7 Å². The van der Waals surface area contributed by atoms with E-state index < -0.39 is 0 Å². The smallest absolute Gasteiger partial charge is 0.0574 e. The Morgan fingerprint density at radius 2 is 2.00 bits per heavy atom. The molecule has 2 N–H and O–H groups in total. The number of hydrogen-bond donors (Lipinski definition) is 1. The fraction of sp³-hybridized carbons (Fsp3) is 0.583. The first-order valence-electron chi connectivity index (χ1n) is 5.28. The first-order valence-corrected chi connectivity index (χ1v) is 5.28. The average molecular weight is 192 g/mol. The molecule has 0 fully saturated rings. The molecule has 0 spiro atoms. The molecule has 0 bridgehead atoms. The number of nitrogens with zero attached hydrogens (tertiary/aromatic N) is 1. The molecule has 1 atom stereocenters. The maximum absolute atomic E-state index is 6.05. The largest absolute Gasteiger partial charge is 0.323 e. The van der Waals surface area contributed by atoms with E-state index in [0.29, 0.717) is 5.92 Å². The predicted molar refractivity (Wildman–Crippen MR) is 60.0 cm³/mol. The van der Waals surface area contributed by atoms with E-state index in [1.165, 1.54) is 0 Å². The lowest BCUT2D eigenvalue weighted by Crippen LogP contribution is -2.13. The van der Waals surface area contributed by atoms with Gasteiger partial charge in [0.2, 0.25) is 0 Å². The van der Waals surface area contributed by atoms with Crippen LogP contribution in [0.5, 0.6) is 0 Å². The van der Waals surface area contributed by atoms with Gasteiger partial charge < -0.3 is 5.73 Å². The fourth-order valence-electron chi connectivity index (χ4n) is 1.43. The molecule has 0 aliphatic carbocycles. The molecule has 1 rings (SSSR count). The lowest BCUT2D eigenvalue weighted by Gasteiger charge is -2.12. The Labute approximate surface area is 86.5 Å². The van der Waals surface area contributed by atoms with Crippen LogP contribution in [0.3, 0.4) is 0 Å². The van der Waals surface area contributed by atoms with Crippen LogP contribution in [0.2, 0.25) is 0 Å². The minimum Gasteiger partial charge on any atom is -0.323 e. The minimum absolute atomic E-state index is 0.0947. The van der Waals surface area contributed by atoms with Crippen LogP contribution in [0.4, 0.5) is 0 Å². The van der Waals surface area contributed by atoms with Gasteiger partial charge in [0.15, 0.2) is 0 Å². The van der Waals surface area contributed by atoms with E-state index in [1.54, 1.807) is 0 Å². The molecule has 0 aliphatic heterocycles. The summed E-state index contributed by atoms with van der Waals surface area (Å²) in [6.45, 7) is 6.44. The van der Waals surface area contributed by atoms with Crippen molar-refractivity contribution in [3.8, 4) is 0 Å². The quantitative estimate of drug-likeness (QED) is 0.796. The average Bonchev–Trinajstić information content (AvgIpc) is 2.14. The molecule has 14 heavy (non-hydrogen) atoms. The van der Waals surface area contributed by atoms with Crippen LogP contribution in [0.15, 0.2) is 18.2 Å². The highest BCUT2D eigenvalue weighted by Gasteiger charge is 2.07. The summed E-state index contributed by atoms with van der Waals surface area (Å²) in [5.41, 5.74) is 8.11. The molecule has 0 radical (unpaired) electrons. The summed E-state index contributed by atoms with van der Waals surface area (Å²) in [6, 6.07) is 6.13. The molecule has 2 nitrogen and oxygen atoms in total. The summed E-state index contributed by atoms with van der Waals surface area (Å²) in [7, 11) is 0. The van der Waals surface area contributed by atoms with Crippen LogP contribution in [0.25, 0.3) is 0 Å². The Morgan fingerprint density at radius 1 is 1.29 bits per heavy atom. The van der Waals surface area contributed by atoms with Gasteiger partial charge in [-0.15, -0.1) is 0 Å². The first-order chi connectivity index (χ1) is 6.59. The molecule has 0 amide bonds. The SMILES string of the molecule is Cc1cccc([C@H](N)CCC(C)C)n1. The number of nitrogens with two attached hydrogens (primary N) is 1. The second-order valence-corrected chi connectivity index (χ2v) is 4.28. The van der Waals surface area contributed by atoms with Gasteiger partial charge in [0.25, 0.3) is 0 Å². The Balaban J connectivity index is 2.56. The van der Waals surface area contributed by atoms with Crippen molar-refractivity contribution in [3.63, 3.8) is 0 Å². The highest BCUT2D eigenvalue weighted by molar-refractivity contribution is 5.12. The highest BCUT2D eigenvalue weighted by atomic mass is 14.8. The van der Waals surface area contributed by atoms with Gasteiger partial charge in [0.05, 0.1) is 5.69 Å². The van der Waals surface area contributed by atoms with Crippen molar-refractivity contribution in [1.82, 2.24) is 4.98 Å². The van der Waals surface area contributed by atoms with Crippen LogP contribution in [-0.2, 0) is 0 Å². The second-order valence-electron chi connectivity index (χ2n) is 4.28. The van der Waals surface area contributed by atoms with Gasteiger partial charge >= 0.3 is 0 Å². The molecule has 0 aromatic carbocycles. The minimum atomic E-state index is 0.0947. The van der Waals surface area contributed by atoms with Crippen molar-refractivity contribution < 1.29 is 0 Å². The van der Waals surface area contributed by atoms with Crippen LogP contribution in [-0.4, -0.2) is 4.98 Å². The maximum Gasteiger partial charge on any atom is 0.0574 e. The Hall–Kier alpha value is -0.890. The zero-order valence-corrected chi connectivity index (χ0v) is 9.33. The number of rotatable bonds is 4. The van der Waals surface area contributed by atoms with Gasteiger partial charge in [-0.2, -0.15) is 0 Å². The molecule has 1 aromatic heterocycles. The molecular weight excluding hydrogens is 172 g/mol. The highest BCUT2D eigenvalue weighted by Crippen LogP contribution is 2.16. The molecule has 0 aliphatic rings. The van der Waals surface area contributed by atoms with Gasteiger partial charge in [-0.05, 0) is 37.8 Å². The van der Waals surface area contributed by atoms with Gasteiger partial charge in [-0.25, -0.2) is 0 Å². The van der Waals surface area contributed by atoms with Crippen LogP contribution < -0.4 is 5.73 Å². The maximum atomic E-state index is 6.05. The molecule has 2 heteroatoms. The van der Waals surface area contributed by atoms with E-state index in [9.17, 15) is 0 Å². The Kier molecular flexibility index (Phi) is 4.08. The van der Waals surface area contributed by atoms with E-state index in [-0.39, 0.29) is 6.04 Å². The van der Waals surface area contributed by atoms with Crippen molar-refractivity contribution in [2.45, 2.75) is 39.7 Å². The van der Waals surface area contributed by atoms with Crippen LogP contribution in [0.1, 0.15) is 44.1 Å². The first kappa shape index (κ1) is 11.2. The van der Waals surface area contributed by atoms with Gasteiger partial charge in [0, 0.05) is 11.7 Å². The summed E-state index contributed by atoms with van der Waals surface area (Å²) in [6.07, 6.45) is 2.19. The number of aryl methyl sites for hydroxylation is 1. The van der Waals surface area contributed by atoms with Crippen molar-refractivity contribution in [2.75, 3.05) is 0 Å². The van der Waals surface area contributed by atoms with Crippen molar-refractivity contribution in [3.05, 3.63) is 29.6 Å². The van der Waals surface area contributed by atoms with E-state index in [4.69, 9.17) is 5.73 Å². The monoisotopic (exact) mass is 192 g/mol. The standard InChI is InChI=1S/C12H20N2/c1-9(2)7-8-11(13)12-6-4-5-10(3)14-12/h4-6,9,11H,7-8,13H2,1-3H3/t11-/m1/s1. The van der Waals surface area contributed by atoms with Gasteiger partial charge in [-0.3, -0.25) is 4.98 Å². The molecule has 1 aromatic rings. The molecule has 0 saturated carbocycles. The van der Waals surface area contributed by atoms with Gasteiger partial charge in [-0.1, -0.05) is 19.9 Å². The van der Waals surface area contributed by atoms with E-state index in [1.807, 2.05) is 25.1 Å². The Bertz CT molecular complexity index is 281. The summed E-state index contributed by atoms with van der Waals surface area (Å²) in [5.74, 6) is 0.714. The van der Waals surface area contributed by atoms with E-state index in [0.717, 1.165) is 24.2 Å². The summed E-state index contributed by atoms with van der Waals surface area (Å²) < 4.78 is 0. The van der Waals surface area contributed by atoms with E-state index >= 15 is 0 Å². The number of pyridine rings is 1. The summed E-state index contributed by atoms with van der Waals surface area (Å²) in [5, 5.41) is 0. The molecule has 78 valence electrons. The summed E-state index contributed by atoms with van der Waals surface area (Å²) >= 11 is 0. The lowest BCUT2D eigenvalue weighted by atomic mass is 10.0. The van der Waals surface area contributed by atoms with Crippen molar-refractivity contribution in [1.29, 1.82) is 0 Å². The van der Waals surface area contributed by atoms with Crippen molar-refractivity contribution >= 4 is 0 Å².